The zero-order valence-corrected chi connectivity index (χ0v) is 18.1. The lowest BCUT2D eigenvalue weighted by atomic mass is 10.2. The molecule has 1 N–H and O–H groups in total. The third kappa shape index (κ3) is 4.02. The molecular weight excluding hydrogens is 454 g/mol. The van der Waals surface area contributed by atoms with E-state index < -0.39 is 5.97 Å². The van der Waals surface area contributed by atoms with E-state index in [9.17, 15) is 9.59 Å². The van der Waals surface area contributed by atoms with Crippen molar-refractivity contribution in [2.45, 2.75) is 26.8 Å². The molecule has 142 valence electrons. The molecule has 0 saturated heterocycles. The average molecular weight is 471 g/mol. The van der Waals surface area contributed by atoms with Gasteiger partial charge in [-0.05, 0) is 48.0 Å². The van der Waals surface area contributed by atoms with Crippen LogP contribution in [0, 0.1) is 13.8 Å². The van der Waals surface area contributed by atoms with Gasteiger partial charge in [-0.2, -0.15) is 5.10 Å². The van der Waals surface area contributed by atoms with Gasteiger partial charge < -0.3 is 10.1 Å². The molecule has 2 heterocycles. The van der Waals surface area contributed by atoms with Crippen LogP contribution in [-0.2, 0) is 16.1 Å². The minimum atomic E-state index is -0.470. The first kappa shape index (κ1) is 19.9. The Bertz CT molecular complexity index is 1040. The molecule has 0 fully saturated rings. The maximum absolute atomic E-state index is 12.3. The number of anilines is 1. The summed E-state index contributed by atoms with van der Waals surface area (Å²) < 4.78 is 8.32. The second-order valence-electron chi connectivity index (χ2n) is 5.95. The molecule has 0 aliphatic rings. The van der Waals surface area contributed by atoms with Gasteiger partial charge in [-0.25, -0.2) is 4.79 Å². The monoisotopic (exact) mass is 469 g/mol. The fourth-order valence-electron chi connectivity index (χ4n) is 2.69. The summed E-state index contributed by atoms with van der Waals surface area (Å²) in [6, 6.07) is 5.35. The van der Waals surface area contributed by atoms with Crippen molar-refractivity contribution in [3.63, 3.8) is 0 Å². The molecule has 3 aromatic rings. The van der Waals surface area contributed by atoms with E-state index in [4.69, 9.17) is 16.3 Å². The van der Waals surface area contributed by atoms with E-state index in [-0.39, 0.29) is 5.91 Å². The largest absolute Gasteiger partial charge is 0.465 e. The van der Waals surface area contributed by atoms with Gasteiger partial charge in [-0.15, -0.1) is 11.3 Å². The van der Waals surface area contributed by atoms with Gasteiger partial charge in [0.15, 0.2) is 0 Å². The van der Waals surface area contributed by atoms with Crippen LogP contribution < -0.4 is 5.32 Å². The number of amides is 1. The normalized spacial score (nSPS) is 11.0. The number of rotatable bonds is 5. The molecule has 0 unspecified atom stereocenters. The number of ether oxygens (including phenoxy) is 1. The highest BCUT2D eigenvalue weighted by atomic mass is 79.9. The number of nitrogens with one attached hydrogen (secondary N) is 1. The third-order valence-electron chi connectivity index (χ3n) is 4.13. The Hall–Kier alpha value is -1.90. The van der Waals surface area contributed by atoms with E-state index in [1.54, 1.807) is 18.2 Å². The quantitative estimate of drug-likeness (QED) is 0.536. The topological polar surface area (TPSA) is 73.2 Å². The number of carbonyl (C=O) groups excluding carboxylic acids is 2. The molecule has 6 nitrogen and oxygen atoms in total. The molecule has 2 aromatic heterocycles. The van der Waals surface area contributed by atoms with Crippen molar-refractivity contribution in [3.8, 4) is 0 Å². The van der Waals surface area contributed by atoms with Crippen LogP contribution in [-0.4, -0.2) is 28.8 Å². The summed E-state index contributed by atoms with van der Waals surface area (Å²) in [5, 5.41) is 8.40. The predicted molar refractivity (Wildman–Crippen MR) is 111 cm³/mol. The number of fused-ring (bicyclic) bond motifs is 1. The molecule has 27 heavy (non-hydrogen) atoms. The molecule has 0 bridgehead atoms. The molecule has 1 amide bonds. The maximum atomic E-state index is 12.3. The Morgan fingerprint density at radius 2 is 2.11 bits per heavy atom. The van der Waals surface area contributed by atoms with Crippen molar-refractivity contribution >= 4 is 66.5 Å². The first-order valence-corrected chi connectivity index (χ1v) is 10.1. The van der Waals surface area contributed by atoms with Crippen molar-refractivity contribution < 1.29 is 14.3 Å². The smallest absolute Gasteiger partial charge is 0.349 e. The fourth-order valence-corrected chi connectivity index (χ4v) is 4.44. The summed E-state index contributed by atoms with van der Waals surface area (Å²) in [6.45, 7) is 4.36. The van der Waals surface area contributed by atoms with Crippen LogP contribution in [0.5, 0.6) is 0 Å². The number of carbonyl (C=O) groups is 2. The number of halogens is 2. The van der Waals surface area contributed by atoms with Gasteiger partial charge in [0.05, 0.1) is 28.8 Å². The zero-order chi connectivity index (χ0) is 19.7. The summed E-state index contributed by atoms with van der Waals surface area (Å²) in [7, 11) is 1.32. The Morgan fingerprint density at radius 1 is 1.37 bits per heavy atom. The second-order valence-corrected chi connectivity index (χ2v) is 8.18. The van der Waals surface area contributed by atoms with E-state index in [0.29, 0.717) is 28.6 Å². The Morgan fingerprint density at radius 3 is 2.74 bits per heavy atom. The SMILES string of the molecule is COC(=O)c1sc2cc(NC(=O)CCn3nc(C)c(Br)c3C)ccc2c1Cl. The van der Waals surface area contributed by atoms with Crippen molar-refractivity contribution in [1.29, 1.82) is 0 Å². The van der Waals surface area contributed by atoms with Crippen LogP contribution in [0.25, 0.3) is 10.1 Å². The molecule has 9 heteroatoms. The molecule has 0 atom stereocenters. The standard InChI is InChI=1S/C18H17BrClN3O3S/c1-9-15(19)10(2)23(22-9)7-6-14(24)21-11-4-5-12-13(8-11)27-17(16(12)20)18(25)26-3/h4-5,8H,6-7H2,1-3H3,(H,21,24). The maximum Gasteiger partial charge on any atom is 0.349 e. The lowest BCUT2D eigenvalue weighted by Crippen LogP contribution is -2.15. The lowest BCUT2D eigenvalue weighted by molar-refractivity contribution is -0.116. The average Bonchev–Trinajstić information content (AvgIpc) is 3.10. The van der Waals surface area contributed by atoms with Crippen LogP contribution >= 0.6 is 38.9 Å². The van der Waals surface area contributed by atoms with E-state index >= 15 is 0 Å². The first-order chi connectivity index (χ1) is 12.8. The lowest BCUT2D eigenvalue weighted by Gasteiger charge is -2.07. The van der Waals surface area contributed by atoms with E-state index in [1.807, 2.05) is 18.5 Å². The number of benzene rings is 1. The number of hydrogen-bond donors (Lipinski definition) is 1. The highest BCUT2D eigenvalue weighted by Crippen LogP contribution is 2.37. The van der Waals surface area contributed by atoms with Gasteiger partial charge >= 0.3 is 5.97 Å². The molecule has 0 spiro atoms. The minimum Gasteiger partial charge on any atom is -0.465 e. The third-order valence-corrected chi connectivity index (χ3v) is 6.91. The molecular formula is C18H17BrClN3O3S. The van der Waals surface area contributed by atoms with Gasteiger partial charge in [0.25, 0.3) is 0 Å². The highest BCUT2D eigenvalue weighted by molar-refractivity contribution is 9.10. The predicted octanol–water partition coefficient (Wildman–Crippen LogP) is 4.95. The van der Waals surface area contributed by atoms with Crippen molar-refractivity contribution in [3.05, 3.63) is 44.0 Å². The summed E-state index contributed by atoms with van der Waals surface area (Å²) in [5.74, 6) is -0.586. The van der Waals surface area contributed by atoms with E-state index in [2.05, 4.69) is 26.3 Å². The summed E-state index contributed by atoms with van der Waals surface area (Å²) in [5.41, 5.74) is 2.54. The van der Waals surface area contributed by atoms with Crippen molar-refractivity contribution in [1.82, 2.24) is 9.78 Å². The molecule has 3 rings (SSSR count). The number of esters is 1. The van der Waals surface area contributed by atoms with Gasteiger partial charge in [0.1, 0.15) is 4.88 Å². The van der Waals surface area contributed by atoms with Crippen LogP contribution in [0.4, 0.5) is 5.69 Å². The number of thiophene rings is 1. The Kier molecular flexibility index (Phi) is 5.88. The van der Waals surface area contributed by atoms with Gasteiger partial charge in [-0.1, -0.05) is 11.6 Å². The number of methoxy groups -OCH3 is 1. The fraction of sp³-hybridized carbons (Fsp3) is 0.278. The number of aromatic nitrogens is 2. The minimum absolute atomic E-state index is 0.117. The summed E-state index contributed by atoms with van der Waals surface area (Å²) in [4.78, 5) is 24.4. The second kappa shape index (κ2) is 8.00. The first-order valence-electron chi connectivity index (χ1n) is 8.11. The number of hydrogen-bond acceptors (Lipinski definition) is 5. The molecule has 0 aliphatic carbocycles. The van der Waals surface area contributed by atoms with Crippen molar-refractivity contribution in [2.75, 3.05) is 12.4 Å². The molecule has 1 aromatic carbocycles. The van der Waals surface area contributed by atoms with E-state index in [1.165, 1.54) is 18.4 Å². The summed E-state index contributed by atoms with van der Waals surface area (Å²) >= 11 is 11.0. The van der Waals surface area contributed by atoms with E-state index in [0.717, 1.165) is 25.9 Å². The van der Waals surface area contributed by atoms with Crippen LogP contribution in [0.1, 0.15) is 27.5 Å². The molecule has 0 saturated carbocycles. The van der Waals surface area contributed by atoms with Gasteiger partial charge in [0, 0.05) is 27.9 Å². The highest BCUT2D eigenvalue weighted by Gasteiger charge is 2.18. The van der Waals surface area contributed by atoms with Crippen molar-refractivity contribution in [2.24, 2.45) is 0 Å². The Balaban J connectivity index is 1.71. The number of aryl methyl sites for hydroxylation is 2. The van der Waals surface area contributed by atoms with Crippen LogP contribution in [0.3, 0.4) is 0 Å². The zero-order valence-electron chi connectivity index (χ0n) is 14.9. The molecule has 0 aliphatic heterocycles. The van der Waals surface area contributed by atoms with Gasteiger partial charge in [-0.3, -0.25) is 9.48 Å². The van der Waals surface area contributed by atoms with Crippen LogP contribution in [0.2, 0.25) is 5.02 Å². The van der Waals surface area contributed by atoms with Gasteiger partial charge in [0.2, 0.25) is 5.91 Å². The molecule has 0 radical (unpaired) electrons. The number of nitrogens with zero attached hydrogens (tertiary/aromatic N) is 2. The Labute approximate surface area is 173 Å². The summed E-state index contributed by atoms with van der Waals surface area (Å²) in [6.07, 6.45) is 0.297. The van der Waals surface area contributed by atoms with Crippen LogP contribution in [0.15, 0.2) is 22.7 Å².